The zero-order valence-corrected chi connectivity index (χ0v) is 12.6. The summed E-state index contributed by atoms with van der Waals surface area (Å²) in [6, 6.07) is 6.64. The van der Waals surface area contributed by atoms with Gasteiger partial charge in [0.1, 0.15) is 0 Å². The molecule has 17 heavy (non-hydrogen) atoms. The van der Waals surface area contributed by atoms with Crippen molar-refractivity contribution in [1.82, 2.24) is 14.5 Å². The number of aromatic nitrogens is 2. The molecule has 92 valence electrons. The molecular weight excluding hydrogens is 298 g/mol. The summed E-state index contributed by atoms with van der Waals surface area (Å²) >= 11 is 8.84. The summed E-state index contributed by atoms with van der Waals surface area (Å²) in [5.74, 6) is 0. The molecule has 0 radical (unpaired) electrons. The van der Waals surface area contributed by atoms with Gasteiger partial charge in [0.05, 0.1) is 11.0 Å². The molecule has 3 nitrogen and oxygen atoms in total. The quantitative estimate of drug-likeness (QED) is 0.878. The minimum absolute atomic E-state index is 0.448. The number of fused-ring (bicyclic) bond motifs is 1. The highest BCUT2D eigenvalue weighted by molar-refractivity contribution is 9.10. The molecule has 0 bridgehead atoms. The van der Waals surface area contributed by atoms with E-state index in [1.54, 1.807) is 0 Å². The molecule has 0 spiro atoms. The molecule has 1 atom stereocenters. The van der Waals surface area contributed by atoms with Gasteiger partial charge in [-0.25, -0.2) is 0 Å². The zero-order valence-electron chi connectivity index (χ0n) is 10.2. The Morgan fingerprint density at radius 1 is 1.47 bits per heavy atom. The lowest BCUT2D eigenvalue weighted by Crippen LogP contribution is -2.29. The Bertz CT molecular complexity index is 585. The second-order valence-corrected chi connectivity index (χ2v) is 5.82. The minimum Gasteiger partial charge on any atom is -0.331 e. The lowest BCUT2D eigenvalue weighted by molar-refractivity contribution is 0.285. The van der Waals surface area contributed by atoms with E-state index in [0.29, 0.717) is 6.04 Å². The molecule has 1 N–H and O–H groups in total. The van der Waals surface area contributed by atoms with Crippen LogP contribution in [0.25, 0.3) is 11.0 Å². The molecule has 0 aliphatic heterocycles. The molecule has 0 saturated carbocycles. The van der Waals surface area contributed by atoms with Crippen LogP contribution in [0.1, 0.15) is 6.92 Å². The average Bonchev–Trinajstić information content (AvgIpc) is 2.54. The molecule has 1 aromatic carbocycles. The topological polar surface area (TPSA) is 24.0 Å². The van der Waals surface area contributed by atoms with Crippen molar-refractivity contribution >= 4 is 39.2 Å². The van der Waals surface area contributed by atoms with Gasteiger partial charge in [-0.1, -0.05) is 15.9 Å². The molecule has 0 aliphatic carbocycles. The zero-order chi connectivity index (χ0) is 12.6. The van der Waals surface area contributed by atoms with Crippen molar-refractivity contribution < 1.29 is 0 Å². The number of nitrogens with one attached hydrogen (secondary N) is 1. The van der Waals surface area contributed by atoms with Gasteiger partial charge >= 0.3 is 0 Å². The number of likely N-dealkylation sites (N-methyl/N-ethyl adjacent to an activating group) is 1. The maximum atomic E-state index is 5.37. The SMILES string of the molecule is CC(Cn1c(=S)[nH]c2cc(Br)ccc21)N(C)C. The number of hydrogen-bond donors (Lipinski definition) is 1. The average molecular weight is 314 g/mol. The fourth-order valence-electron chi connectivity index (χ4n) is 1.74. The van der Waals surface area contributed by atoms with Gasteiger partial charge in [-0.15, -0.1) is 0 Å². The van der Waals surface area contributed by atoms with Crippen molar-refractivity contribution in [1.29, 1.82) is 0 Å². The van der Waals surface area contributed by atoms with Crippen LogP contribution in [-0.2, 0) is 6.54 Å². The Kier molecular flexibility index (Phi) is 3.70. The largest absolute Gasteiger partial charge is 0.331 e. The van der Waals surface area contributed by atoms with Gasteiger partial charge in [0, 0.05) is 17.1 Å². The number of imidazole rings is 1. The van der Waals surface area contributed by atoms with Crippen LogP contribution in [0, 0.1) is 4.77 Å². The Hall–Kier alpha value is -0.650. The predicted octanol–water partition coefficient (Wildman–Crippen LogP) is 3.41. The van der Waals surface area contributed by atoms with E-state index in [9.17, 15) is 0 Å². The first-order valence-electron chi connectivity index (χ1n) is 5.53. The normalized spacial score (nSPS) is 13.5. The number of rotatable bonds is 3. The van der Waals surface area contributed by atoms with E-state index in [1.165, 1.54) is 0 Å². The molecule has 1 unspecified atom stereocenters. The molecule has 0 saturated heterocycles. The van der Waals surface area contributed by atoms with Crippen LogP contribution >= 0.6 is 28.1 Å². The summed E-state index contributed by atoms with van der Waals surface area (Å²) in [6.45, 7) is 3.09. The maximum absolute atomic E-state index is 5.37. The van der Waals surface area contributed by atoms with Crippen LogP contribution in [0.5, 0.6) is 0 Å². The number of nitrogens with zero attached hydrogens (tertiary/aromatic N) is 2. The molecule has 0 fully saturated rings. The third-order valence-electron chi connectivity index (χ3n) is 3.06. The highest BCUT2D eigenvalue weighted by Gasteiger charge is 2.10. The van der Waals surface area contributed by atoms with Crippen LogP contribution in [-0.4, -0.2) is 34.6 Å². The Balaban J connectivity index is 2.47. The Morgan fingerprint density at radius 3 is 2.82 bits per heavy atom. The fraction of sp³-hybridized carbons (Fsp3) is 0.417. The first-order valence-corrected chi connectivity index (χ1v) is 6.73. The Labute approximate surface area is 115 Å². The summed E-state index contributed by atoms with van der Waals surface area (Å²) in [7, 11) is 4.17. The summed E-state index contributed by atoms with van der Waals surface area (Å²) in [4.78, 5) is 5.44. The fourth-order valence-corrected chi connectivity index (χ4v) is 2.39. The van der Waals surface area contributed by atoms with E-state index in [0.717, 1.165) is 26.8 Å². The number of benzene rings is 1. The number of halogens is 1. The van der Waals surface area contributed by atoms with Crippen molar-refractivity contribution in [2.24, 2.45) is 0 Å². The lowest BCUT2D eigenvalue weighted by Gasteiger charge is -2.20. The van der Waals surface area contributed by atoms with Gasteiger partial charge < -0.3 is 14.5 Å². The van der Waals surface area contributed by atoms with E-state index < -0.39 is 0 Å². The van der Waals surface area contributed by atoms with Crippen molar-refractivity contribution in [3.8, 4) is 0 Å². The summed E-state index contributed by atoms with van der Waals surface area (Å²) in [6.07, 6.45) is 0. The smallest absolute Gasteiger partial charge is 0.178 e. The van der Waals surface area contributed by atoms with Gasteiger partial charge in [0.2, 0.25) is 0 Å². The van der Waals surface area contributed by atoms with Crippen molar-refractivity contribution in [3.63, 3.8) is 0 Å². The van der Waals surface area contributed by atoms with Crippen LogP contribution in [0.4, 0.5) is 0 Å². The molecule has 1 aromatic heterocycles. The van der Waals surface area contributed by atoms with Crippen molar-refractivity contribution in [3.05, 3.63) is 27.4 Å². The van der Waals surface area contributed by atoms with Crippen LogP contribution in [0.15, 0.2) is 22.7 Å². The first-order chi connectivity index (χ1) is 7.99. The maximum Gasteiger partial charge on any atom is 0.178 e. The molecule has 2 rings (SSSR count). The van der Waals surface area contributed by atoms with Gasteiger partial charge in [-0.2, -0.15) is 0 Å². The predicted molar refractivity (Wildman–Crippen MR) is 78.0 cm³/mol. The van der Waals surface area contributed by atoms with E-state index in [4.69, 9.17) is 12.2 Å². The molecular formula is C12H16BrN3S. The van der Waals surface area contributed by atoms with Crippen LogP contribution in [0.3, 0.4) is 0 Å². The van der Waals surface area contributed by atoms with Gasteiger partial charge in [-0.3, -0.25) is 0 Å². The molecule has 5 heteroatoms. The second-order valence-electron chi connectivity index (χ2n) is 4.51. The summed E-state index contributed by atoms with van der Waals surface area (Å²) in [5.41, 5.74) is 2.24. The third-order valence-corrected chi connectivity index (χ3v) is 3.88. The van der Waals surface area contributed by atoms with E-state index in [1.807, 2.05) is 6.07 Å². The minimum atomic E-state index is 0.448. The van der Waals surface area contributed by atoms with E-state index >= 15 is 0 Å². The Morgan fingerprint density at radius 2 is 2.18 bits per heavy atom. The number of aromatic amines is 1. The lowest BCUT2D eigenvalue weighted by atomic mass is 10.3. The molecule has 1 heterocycles. The van der Waals surface area contributed by atoms with Crippen molar-refractivity contribution in [2.75, 3.05) is 14.1 Å². The second kappa shape index (κ2) is 4.92. The van der Waals surface area contributed by atoms with Crippen molar-refractivity contribution in [2.45, 2.75) is 19.5 Å². The van der Waals surface area contributed by atoms with Crippen LogP contribution < -0.4 is 0 Å². The number of hydrogen-bond acceptors (Lipinski definition) is 2. The molecule has 0 aliphatic rings. The highest BCUT2D eigenvalue weighted by atomic mass is 79.9. The first kappa shape index (κ1) is 12.8. The summed E-state index contributed by atoms with van der Waals surface area (Å²) < 4.78 is 4.00. The number of H-pyrrole nitrogens is 1. The standard InChI is InChI=1S/C12H16BrN3S/c1-8(15(2)3)7-16-11-5-4-9(13)6-10(11)14-12(16)17/h4-6,8H,7H2,1-3H3,(H,14,17). The van der Waals surface area contributed by atoms with Gasteiger partial charge in [0.15, 0.2) is 4.77 Å². The van der Waals surface area contributed by atoms with E-state index in [-0.39, 0.29) is 0 Å². The third kappa shape index (κ3) is 2.61. The van der Waals surface area contributed by atoms with E-state index in [2.05, 4.69) is 63.5 Å². The van der Waals surface area contributed by atoms with Gasteiger partial charge in [-0.05, 0) is 51.4 Å². The summed E-state index contributed by atoms with van der Waals surface area (Å²) in [5, 5.41) is 0. The molecule has 2 aromatic rings. The van der Waals surface area contributed by atoms with Crippen LogP contribution in [0.2, 0.25) is 0 Å². The monoisotopic (exact) mass is 313 g/mol. The highest BCUT2D eigenvalue weighted by Crippen LogP contribution is 2.20. The molecule has 0 amide bonds. The van der Waals surface area contributed by atoms with Gasteiger partial charge in [0.25, 0.3) is 0 Å².